The van der Waals surface area contributed by atoms with Gasteiger partial charge in [-0.15, -0.1) is 0 Å². The van der Waals surface area contributed by atoms with Crippen molar-refractivity contribution in [3.63, 3.8) is 0 Å². The van der Waals surface area contributed by atoms with Crippen LogP contribution < -0.4 is 0 Å². The number of aliphatic imine (C=N–C) groups is 1. The van der Waals surface area contributed by atoms with Crippen molar-refractivity contribution in [1.82, 2.24) is 0 Å². The van der Waals surface area contributed by atoms with E-state index in [9.17, 15) is 0 Å². The van der Waals surface area contributed by atoms with Gasteiger partial charge in [0.1, 0.15) is 0 Å². The summed E-state index contributed by atoms with van der Waals surface area (Å²) in [4.78, 5) is 4.36. The Balaban J connectivity index is 1.97. The zero-order valence-electron chi connectivity index (χ0n) is 8.43. The van der Waals surface area contributed by atoms with E-state index >= 15 is 0 Å². The Kier molecular flexibility index (Phi) is 3.29. The van der Waals surface area contributed by atoms with Crippen molar-refractivity contribution in [3.8, 4) is 0 Å². The number of rotatable bonds is 3. The predicted molar refractivity (Wildman–Crippen MR) is 63.0 cm³/mol. The molecule has 0 atom stereocenters. The lowest BCUT2D eigenvalue weighted by atomic mass is 10.2. The molecule has 1 heteroatoms. The van der Waals surface area contributed by atoms with Crippen molar-refractivity contribution < 1.29 is 0 Å². The van der Waals surface area contributed by atoms with Crippen molar-refractivity contribution >= 4 is 6.21 Å². The predicted octanol–water partition coefficient (Wildman–Crippen LogP) is 3.11. The lowest BCUT2D eigenvalue weighted by Crippen LogP contribution is -1.83. The lowest BCUT2D eigenvalue weighted by Gasteiger charge is -1.94. The SMILES string of the molecule is [c]1ccccc1C=NCc1ccccc1. The monoisotopic (exact) mass is 194 g/mol. The quantitative estimate of drug-likeness (QED) is 0.666. The maximum atomic E-state index is 4.36. The Labute approximate surface area is 90.1 Å². The first-order valence-electron chi connectivity index (χ1n) is 4.95. The minimum atomic E-state index is 0.726. The molecule has 0 aliphatic carbocycles. The molecule has 2 rings (SSSR count). The molecule has 0 saturated heterocycles. The molecular formula is C14H12N. The van der Waals surface area contributed by atoms with Gasteiger partial charge in [-0.3, -0.25) is 4.99 Å². The zero-order chi connectivity index (χ0) is 10.3. The van der Waals surface area contributed by atoms with E-state index in [-0.39, 0.29) is 0 Å². The fraction of sp³-hybridized carbons (Fsp3) is 0.0714. The van der Waals surface area contributed by atoms with E-state index in [1.165, 1.54) is 5.56 Å². The van der Waals surface area contributed by atoms with Crippen LogP contribution in [-0.2, 0) is 6.54 Å². The highest BCUT2D eigenvalue weighted by Gasteiger charge is 1.87. The normalized spacial score (nSPS) is 10.7. The molecule has 0 aromatic heterocycles. The summed E-state index contributed by atoms with van der Waals surface area (Å²) in [5.41, 5.74) is 2.25. The Morgan fingerprint density at radius 2 is 1.80 bits per heavy atom. The minimum absolute atomic E-state index is 0.726. The highest BCUT2D eigenvalue weighted by molar-refractivity contribution is 5.78. The number of nitrogens with zero attached hydrogens (tertiary/aromatic N) is 1. The highest BCUT2D eigenvalue weighted by atomic mass is 14.7. The summed E-state index contributed by atoms with van der Waals surface area (Å²) >= 11 is 0. The second-order valence-corrected chi connectivity index (χ2v) is 3.27. The molecule has 0 heterocycles. The summed E-state index contributed by atoms with van der Waals surface area (Å²) in [6, 6.07) is 21.1. The molecule has 0 saturated carbocycles. The Bertz CT molecular complexity index is 418. The van der Waals surface area contributed by atoms with Gasteiger partial charge in [-0.05, 0) is 11.6 Å². The summed E-state index contributed by atoms with van der Waals surface area (Å²) in [6.45, 7) is 0.726. The third-order valence-corrected chi connectivity index (χ3v) is 2.08. The molecule has 0 amide bonds. The van der Waals surface area contributed by atoms with Gasteiger partial charge in [0.15, 0.2) is 0 Å². The van der Waals surface area contributed by atoms with Crippen molar-refractivity contribution in [2.45, 2.75) is 6.54 Å². The van der Waals surface area contributed by atoms with E-state index < -0.39 is 0 Å². The fourth-order valence-corrected chi connectivity index (χ4v) is 1.32. The van der Waals surface area contributed by atoms with Gasteiger partial charge in [0.05, 0.1) is 6.54 Å². The summed E-state index contributed by atoms with van der Waals surface area (Å²) < 4.78 is 0. The van der Waals surface area contributed by atoms with Crippen LogP contribution in [0, 0.1) is 6.07 Å². The molecule has 2 aromatic rings. The molecule has 0 aliphatic heterocycles. The molecule has 0 spiro atoms. The summed E-state index contributed by atoms with van der Waals surface area (Å²) in [7, 11) is 0. The maximum Gasteiger partial charge on any atom is 0.0639 e. The van der Waals surface area contributed by atoms with Crippen molar-refractivity contribution in [3.05, 3.63) is 71.8 Å². The van der Waals surface area contributed by atoms with Gasteiger partial charge in [0.25, 0.3) is 0 Å². The molecule has 15 heavy (non-hydrogen) atoms. The summed E-state index contributed by atoms with van der Waals surface area (Å²) in [5.74, 6) is 0. The lowest BCUT2D eigenvalue weighted by molar-refractivity contribution is 1.08. The van der Waals surface area contributed by atoms with Crippen LogP contribution in [0.4, 0.5) is 0 Å². The molecule has 0 N–H and O–H groups in total. The van der Waals surface area contributed by atoms with E-state index in [0.717, 1.165) is 12.1 Å². The topological polar surface area (TPSA) is 12.4 Å². The highest BCUT2D eigenvalue weighted by Crippen LogP contribution is 2.00. The number of hydrogen-bond acceptors (Lipinski definition) is 1. The largest absolute Gasteiger partial charge is 0.288 e. The molecule has 1 nitrogen and oxygen atoms in total. The third-order valence-electron chi connectivity index (χ3n) is 2.08. The minimum Gasteiger partial charge on any atom is -0.288 e. The first-order chi connectivity index (χ1) is 7.45. The van der Waals surface area contributed by atoms with Crippen molar-refractivity contribution in [2.75, 3.05) is 0 Å². The van der Waals surface area contributed by atoms with Crippen LogP contribution in [0.2, 0.25) is 0 Å². The second-order valence-electron chi connectivity index (χ2n) is 3.27. The molecule has 0 unspecified atom stereocenters. The molecule has 0 aliphatic rings. The van der Waals surface area contributed by atoms with Crippen LogP contribution in [0.15, 0.2) is 59.6 Å². The van der Waals surface area contributed by atoms with E-state index in [1.54, 1.807) is 0 Å². The second kappa shape index (κ2) is 5.11. The van der Waals surface area contributed by atoms with E-state index in [1.807, 2.05) is 48.7 Å². The Morgan fingerprint density at radius 1 is 1.00 bits per heavy atom. The smallest absolute Gasteiger partial charge is 0.0639 e. The molecule has 0 bridgehead atoms. The van der Waals surface area contributed by atoms with Gasteiger partial charge >= 0.3 is 0 Å². The van der Waals surface area contributed by atoms with Crippen LogP contribution in [0.3, 0.4) is 0 Å². The first kappa shape index (κ1) is 9.66. The van der Waals surface area contributed by atoms with Crippen LogP contribution >= 0.6 is 0 Å². The average Bonchev–Trinajstić information content (AvgIpc) is 2.32. The average molecular weight is 194 g/mol. The van der Waals surface area contributed by atoms with Crippen LogP contribution in [0.1, 0.15) is 11.1 Å². The van der Waals surface area contributed by atoms with Gasteiger partial charge < -0.3 is 0 Å². The molecule has 1 radical (unpaired) electrons. The Morgan fingerprint density at radius 3 is 2.53 bits per heavy atom. The van der Waals surface area contributed by atoms with Crippen LogP contribution in [-0.4, -0.2) is 6.21 Å². The molecule has 0 fully saturated rings. The van der Waals surface area contributed by atoms with Crippen molar-refractivity contribution in [1.29, 1.82) is 0 Å². The third kappa shape index (κ3) is 3.06. The first-order valence-corrected chi connectivity index (χ1v) is 4.95. The zero-order valence-corrected chi connectivity index (χ0v) is 8.43. The standard InChI is InChI=1S/C14H12N/c1-3-7-13(8-4-1)11-15-12-14-9-5-2-6-10-14/h1-9,12H,11H2. The number of benzene rings is 2. The van der Waals surface area contributed by atoms with Crippen LogP contribution in [0.25, 0.3) is 0 Å². The van der Waals surface area contributed by atoms with Crippen molar-refractivity contribution in [2.24, 2.45) is 4.99 Å². The molecule has 73 valence electrons. The van der Waals surface area contributed by atoms with Crippen LogP contribution in [0.5, 0.6) is 0 Å². The summed E-state index contributed by atoms with van der Waals surface area (Å²) in [5, 5.41) is 0. The van der Waals surface area contributed by atoms with Gasteiger partial charge in [0.2, 0.25) is 0 Å². The molecule has 2 aromatic carbocycles. The van der Waals surface area contributed by atoms with Gasteiger partial charge in [-0.1, -0.05) is 54.6 Å². The molecular weight excluding hydrogens is 182 g/mol. The van der Waals surface area contributed by atoms with Gasteiger partial charge in [-0.2, -0.15) is 0 Å². The summed E-state index contributed by atoms with van der Waals surface area (Å²) in [6.07, 6.45) is 1.85. The maximum absolute atomic E-state index is 4.36. The number of hydrogen-bond donors (Lipinski definition) is 0. The van der Waals surface area contributed by atoms with E-state index in [2.05, 4.69) is 23.2 Å². The van der Waals surface area contributed by atoms with Gasteiger partial charge in [-0.25, -0.2) is 0 Å². The van der Waals surface area contributed by atoms with E-state index in [4.69, 9.17) is 0 Å². The van der Waals surface area contributed by atoms with Gasteiger partial charge in [0, 0.05) is 11.8 Å². The Hall–Kier alpha value is -1.89. The fourth-order valence-electron chi connectivity index (χ4n) is 1.32. The van der Waals surface area contributed by atoms with E-state index in [0.29, 0.717) is 0 Å².